The number of hydrogen-bond acceptors (Lipinski definition) is 4. The van der Waals surface area contributed by atoms with Crippen LogP contribution in [0.15, 0.2) is 0 Å². The Morgan fingerprint density at radius 2 is 1.78 bits per heavy atom. The lowest BCUT2D eigenvalue weighted by Gasteiger charge is -2.62. The molecule has 4 N–H and O–H groups in total. The van der Waals surface area contributed by atoms with Gasteiger partial charge >= 0.3 is 5.97 Å². The molecule has 4 aliphatic carbocycles. The van der Waals surface area contributed by atoms with Crippen LogP contribution in [0.1, 0.15) is 85.0 Å². The van der Waals surface area contributed by atoms with Gasteiger partial charge in [-0.3, -0.25) is 9.59 Å². The normalized spacial score (nSPS) is 46.5. The van der Waals surface area contributed by atoms with Crippen molar-refractivity contribution in [3.05, 3.63) is 0 Å². The number of aliphatic hydroxyl groups excluding tert-OH is 2. The lowest BCUT2D eigenvalue weighted by atomic mass is 9.43. The number of hydrogen-bond donors (Lipinski definition) is 4. The van der Waals surface area contributed by atoms with Gasteiger partial charge in [0.15, 0.2) is 0 Å². The van der Waals surface area contributed by atoms with Gasteiger partial charge in [0.2, 0.25) is 5.91 Å². The molecule has 10 atom stereocenters. The molecule has 0 spiro atoms. The second-order valence-electron chi connectivity index (χ2n) is 12.1. The minimum atomic E-state index is -1.02. The van der Waals surface area contributed by atoms with E-state index >= 15 is 0 Å². The van der Waals surface area contributed by atoms with Crippen molar-refractivity contribution in [2.24, 2.45) is 46.3 Å². The Kier molecular flexibility index (Phi) is 6.68. The highest BCUT2D eigenvalue weighted by Crippen LogP contribution is 2.68. The molecule has 182 valence electrons. The Morgan fingerprint density at radius 3 is 2.50 bits per heavy atom. The summed E-state index contributed by atoms with van der Waals surface area (Å²) in [6.07, 6.45) is 9.12. The zero-order chi connectivity index (χ0) is 23.3. The molecule has 0 saturated heterocycles. The van der Waals surface area contributed by atoms with Gasteiger partial charge in [-0.25, -0.2) is 0 Å². The quantitative estimate of drug-likeness (QED) is 0.496. The molecule has 1 amide bonds. The molecule has 4 fully saturated rings. The van der Waals surface area contributed by atoms with E-state index in [4.69, 9.17) is 5.11 Å². The SMILES string of the molecule is C[C@H](CCC(=O)NCC(=O)O)[C@@H]1CC[C@@H]2[C@H]3CC[C@@H]4C[C@@H](O)CC[C@]4(C)[C@@H]3C[C@@H](O)[C@@]21C. The minimum Gasteiger partial charge on any atom is -0.480 e. The summed E-state index contributed by atoms with van der Waals surface area (Å²) >= 11 is 0. The highest BCUT2D eigenvalue weighted by Gasteiger charge is 2.63. The van der Waals surface area contributed by atoms with Gasteiger partial charge in [-0.1, -0.05) is 20.8 Å². The third-order valence-electron chi connectivity index (χ3n) is 10.8. The van der Waals surface area contributed by atoms with Gasteiger partial charge in [-0.05, 0) is 104 Å². The molecule has 32 heavy (non-hydrogen) atoms. The zero-order valence-corrected chi connectivity index (χ0v) is 20.1. The number of carboxylic acids is 1. The number of fused-ring (bicyclic) bond motifs is 5. The van der Waals surface area contributed by atoms with Crippen LogP contribution in [-0.4, -0.2) is 45.9 Å². The first-order valence-electron chi connectivity index (χ1n) is 12.9. The van der Waals surface area contributed by atoms with Crippen LogP contribution >= 0.6 is 0 Å². The van der Waals surface area contributed by atoms with Crippen LogP contribution in [0, 0.1) is 46.3 Å². The van der Waals surface area contributed by atoms with Crippen molar-refractivity contribution in [1.29, 1.82) is 0 Å². The third kappa shape index (κ3) is 4.00. The number of carbonyl (C=O) groups excluding carboxylic acids is 1. The maximum absolute atomic E-state index is 12.0. The van der Waals surface area contributed by atoms with E-state index in [9.17, 15) is 19.8 Å². The largest absolute Gasteiger partial charge is 0.480 e. The summed E-state index contributed by atoms with van der Waals surface area (Å²) in [6, 6.07) is 0. The second-order valence-corrected chi connectivity index (χ2v) is 12.1. The molecule has 0 aromatic rings. The topological polar surface area (TPSA) is 107 Å². The number of nitrogens with one attached hydrogen (secondary N) is 1. The zero-order valence-electron chi connectivity index (χ0n) is 20.1. The van der Waals surface area contributed by atoms with Gasteiger partial charge in [0.05, 0.1) is 12.2 Å². The third-order valence-corrected chi connectivity index (χ3v) is 10.8. The molecule has 0 heterocycles. The van der Waals surface area contributed by atoms with Gasteiger partial charge in [-0.15, -0.1) is 0 Å². The average Bonchev–Trinajstić information content (AvgIpc) is 3.10. The molecule has 0 aromatic heterocycles. The van der Waals surface area contributed by atoms with Crippen LogP contribution in [0.5, 0.6) is 0 Å². The van der Waals surface area contributed by atoms with Gasteiger partial charge in [-0.2, -0.15) is 0 Å². The number of carboxylic acid groups (broad SMARTS) is 1. The van der Waals surface area contributed by atoms with Crippen LogP contribution in [0.2, 0.25) is 0 Å². The van der Waals surface area contributed by atoms with Crippen molar-refractivity contribution in [2.45, 2.75) is 97.2 Å². The van der Waals surface area contributed by atoms with Crippen molar-refractivity contribution < 1.29 is 24.9 Å². The summed E-state index contributed by atoms with van der Waals surface area (Å²) in [6.45, 7) is 6.65. The predicted molar refractivity (Wildman–Crippen MR) is 122 cm³/mol. The molecule has 4 rings (SSSR count). The summed E-state index contributed by atoms with van der Waals surface area (Å²) in [7, 11) is 0. The van der Waals surface area contributed by atoms with Crippen LogP contribution in [0.25, 0.3) is 0 Å². The monoisotopic (exact) mass is 449 g/mol. The van der Waals surface area contributed by atoms with E-state index in [0.29, 0.717) is 41.9 Å². The van der Waals surface area contributed by atoms with Gasteiger partial charge < -0.3 is 20.6 Å². The Bertz CT molecular complexity index is 727. The molecule has 6 nitrogen and oxygen atoms in total. The molecule has 0 radical (unpaired) electrons. The van der Waals surface area contributed by atoms with Crippen LogP contribution in [-0.2, 0) is 9.59 Å². The summed E-state index contributed by atoms with van der Waals surface area (Å²) in [5, 5.41) is 33.0. The molecule has 6 heteroatoms. The van der Waals surface area contributed by atoms with E-state index in [1.165, 1.54) is 12.8 Å². The highest BCUT2D eigenvalue weighted by molar-refractivity contribution is 5.81. The summed E-state index contributed by atoms with van der Waals surface area (Å²) in [5.41, 5.74) is 0.145. The molecular formula is C26H43NO5. The fourth-order valence-corrected chi connectivity index (χ4v) is 8.98. The van der Waals surface area contributed by atoms with Gasteiger partial charge in [0, 0.05) is 6.42 Å². The van der Waals surface area contributed by atoms with Gasteiger partial charge in [0.25, 0.3) is 0 Å². The van der Waals surface area contributed by atoms with E-state index in [1.807, 2.05) is 0 Å². The van der Waals surface area contributed by atoms with E-state index in [0.717, 1.165) is 44.9 Å². The van der Waals surface area contributed by atoms with Crippen molar-refractivity contribution in [3.8, 4) is 0 Å². The van der Waals surface area contributed by atoms with E-state index in [1.54, 1.807) is 0 Å². The second kappa shape index (κ2) is 8.90. The smallest absolute Gasteiger partial charge is 0.322 e. The fraction of sp³-hybridized carbons (Fsp3) is 0.923. The Balaban J connectivity index is 1.45. The summed E-state index contributed by atoms with van der Waals surface area (Å²) in [5.74, 6) is 1.84. The molecule has 4 saturated carbocycles. The maximum Gasteiger partial charge on any atom is 0.322 e. The maximum atomic E-state index is 12.0. The number of carbonyl (C=O) groups is 2. The summed E-state index contributed by atoms with van der Waals surface area (Å²) in [4.78, 5) is 22.7. The lowest BCUT2D eigenvalue weighted by molar-refractivity contribution is -0.175. The van der Waals surface area contributed by atoms with Crippen molar-refractivity contribution in [1.82, 2.24) is 5.32 Å². The minimum absolute atomic E-state index is 0.102. The molecule has 0 unspecified atom stereocenters. The van der Waals surface area contributed by atoms with Crippen molar-refractivity contribution in [3.63, 3.8) is 0 Å². The Labute approximate surface area is 192 Å². The highest BCUT2D eigenvalue weighted by atomic mass is 16.4. The predicted octanol–water partition coefficient (Wildman–Crippen LogP) is 3.59. The molecular weight excluding hydrogens is 406 g/mol. The molecule has 4 aliphatic rings. The van der Waals surface area contributed by atoms with Crippen molar-refractivity contribution >= 4 is 11.9 Å². The van der Waals surface area contributed by atoms with E-state index in [-0.39, 0.29) is 35.5 Å². The standard InChI is InChI=1S/C26H43NO5/c1-15(4-9-23(30)27-14-24(31)32)19-7-8-20-18-6-5-16-12-17(28)10-11-25(16,2)21(18)13-22(29)26(19,20)3/h15-22,28-29H,4-14H2,1-3H3,(H,27,30)(H,31,32)/t15-,16-,17+,18-,19+,20-,21-,22-,25+,26-/m1/s1. The Hall–Kier alpha value is -1.14. The van der Waals surface area contributed by atoms with Gasteiger partial charge in [0.1, 0.15) is 6.54 Å². The van der Waals surface area contributed by atoms with Crippen LogP contribution in [0.4, 0.5) is 0 Å². The number of aliphatic carboxylic acids is 1. The number of aliphatic hydroxyl groups is 2. The van der Waals surface area contributed by atoms with Crippen LogP contribution in [0.3, 0.4) is 0 Å². The number of rotatable bonds is 6. The molecule has 0 aliphatic heterocycles. The van der Waals surface area contributed by atoms with E-state index in [2.05, 4.69) is 26.1 Å². The fourth-order valence-electron chi connectivity index (χ4n) is 8.98. The molecule has 0 bridgehead atoms. The molecule has 0 aromatic carbocycles. The first-order valence-corrected chi connectivity index (χ1v) is 12.9. The average molecular weight is 450 g/mol. The van der Waals surface area contributed by atoms with Crippen LogP contribution < -0.4 is 5.32 Å². The number of amides is 1. The van der Waals surface area contributed by atoms with Crippen molar-refractivity contribution in [2.75, 3.05) is 6.54 Å². The Morgan fingerprint density at radius 1 is 1.03 bits per heavy atom. The summed E-state index contributed by atoms with van der Waals surface area (Å²) < 4.78 is 0. The van der Waals surface area contributed by atoms with E-state index < -0.39 is 5.97 Å². The first-order chi connectivity index (χ1) is 15.1. The lowest BCUT2D eigenvalue weighted by Crippen LogP contribution is -2.58. The first kappa shape index (κ1) is 24.0.